The molecule has 82 valence electrons. The summed E-state index contributed by atoms with van der Waals surface area (Å²) in [4.78, 5) is 9.91. The van der Waals surface area contributed by atoms with Gasteiger partial charge >= 0.3 is 5.82 Å². The Morgan fingerprint density at radius 2 is 2.00 bits per heavy atom. The van der Waals surface area contributed by atoms with Gasteiger partial charge in [-0.05, 0) is 22.6 Å². The first-order chi connectivity index (χ1) is 7.65. The molecule has 6 nitrogen and oxygen atoms in total. The van der Waals surface area contributed by atoms with Gasteiger partial charge in [0.2, 0.25) is 0 Å². The third-order valence-corrected chi connectivity index (χ3v) is 2.14. The van der Waals surface area contributed by atoms with Crippen LogP contribution in [0.2, 0.25) is 0 Å². The highest BCUT2D eigenvalue weighted by Gasteiger charge is 2.10. The van der Waals surface area contributed by atoms with Gasteiger partial charge in [0.05, 0.1) is 23.9 Å². The molecule has 0 bridgehead atoms. The SMILES string of the molecule is Nc1ccc(Cn2ccc([N+](=O)[O-])n2)cc1. The first-order valence-electron chi connectivity index (χ1n) is 4.67. The highest BCUT2D eigenvalue weighted by Crippen LogP contribution is 2.10. The lowest BCUT2D eigenvalue weighted by molar-refractivity contribution is -0.389. The van der Waals surface area contributed by atoms with Gasteiger partial charge in [0, 0.05) is 5.69 Å². The second-order valence-corrected chi connectivity index (χ2v) is 3.37. The van der Waals surface area contributed by atoms with E-state index in [1.807, 2.05) is 12.1 Å². The zero-order valence-electron chi connectivity index (χ0n) is 8.41. The summed E-state index contributed by atoms with van der Waals surface area (Å²) in [5.74, 6) is -0.143. The summed E-state index contributed by atoms with van der Waals surface area (Å²) in [5, 5.41) is 14.2. The Balaban J connectivity index is 2.14. The summed E-state index contributed by atoms with van der Waals surface area (Å²) in [7, 11) is 0. The average molecular weight is 218 g/mol. The third-order valence-electron chi connectivity index (χ3n) is 2.14. The van der Waals surface area contributed by atoms with Crippen molar-refractivity contribution in [3.05, 3.63) is 52.2 Å². The predicted octanol–water partition coefficient (Wildman–Crippen LogP) is 1.42. The molecule has 0 saturated heterocycles. The summed E-state index contributed by atoms with van der Waals surface area (Å²) >= 11 is 0. The molecule has 0 unspecified atom stereocenters. The molecule has 1 heterocycles. The van der Waals surface area contributed by atoms with Crippen molar-refractivity contribution in [2.45, 2.75) is 6.54 Å². The van der Waals surface area contributed by atoms with E-state index >= 15 is 0 Å². The number of hydrogen-bond acceptors (Lipinski definition) is 4. The molecule has 1 aromatic carbocycles. The lowest BCUT2D eigenvalue weighted by Crippen LogP contribution is -2.01. The number of anilines is 1. The van der Waals surface area contributed by atoms with Gasteiger partial charge < -0.3 is 15.8 Å². The fraction of sp³-hybridized carbons (Fsp3) is 0.100. The quantitative estimate of drug-likeness (QED) is 0.479. The van der Waals surface area contributed by atoms with E-state index in [0.717, 1.165) is 5.56 Å². The highest BCUT2D eigenvalue weighted by molar-refractivity contribution is 5.39. The first-order valence-corrected chi connectivity index (χ1v) is 4.67. The number of rotatable bonds is 3. The Hall–Kier alpha value is -2.37. The van der Waals surface area contributed by atoms with Crippen LogP contribution in [0.15, 0.2) is 36.5 Å². The standard InChI is InChI=1S/C10H10N4O2/c11-9-3-1-8(2-4-9)7-13-6-5-10(12-13)14(15)16/h1-6H,7,11H2. The second kappa shape index (κ2) is 4.01. The van der Waals surface area contributed by atoms with E-state index in [-0.39, 0.29) is 5.82 Å². The number of aromatic nitrogens is 2. The number of nitrogen functional groups attached to an aromatic ring is 1. The van der Waals surface area contributed by atoms with Crippen LogP contribution in [0.4, 0.5) is 11.5 Å². The zero-order chi connectivity index (χ0) is 11.5. The molecule has 16 heavy (non-hydrogen) atoms. The van der Waals surface area contributed by atoms with Crippen molar-refractivity contribution in [1.82, 2.24) is 9.78 Å². The van der Waals surface area contributed by atoms with Crippen molar-refractivity contribution in [3.63, 3.8) is 0 Å². The maximum Gasteiger partial charge on any atom is 0.389 e. The Morgan fingerprint density at radius 3 is 2.56 bits per heavy atom. The number of hydrogen-bond donors (Lipinski definition) is 1. The van der Waals surface area contributed by atoms with E-state index in [9.17, 15) is 10.1 Å². The molecule has 2 aromatic rings. The van der Waals surface area contributed by atoms with Gasteiger partial charge in [-0.1, -0.05) is 12.1 Å². The number of nitrogens with two attached hydrogens (primary N) is 1. The monoisotopic (exact) mass is 218 g/mol. The summed E-state index contributed by atoms with van der Waals surface area (Å²) < 4.78 is 1.52. The van der Waals surface area contributed by atoms with Crippen LogP contribution in [0.3, 0.4) is 0 Å². The predicted molar refractivity (Wildman–Crippen MR) is 58.8 cm³/mol. The molecular formula is C10H10N4O2. The molecule has 6 heteroatoms. The molecule has 0 amide bonds. The van der Waals surface area contributed by atoms with Gasteiger partial charge in [-0.3, -0.25) is 0 Å². The maximum atomic E-state index is 10.4. The third kappa shape index (κ3) is 2.17. The number of nitro groups is 1. The molecular weight excluding hydrogens is 208 g/mol. The van der Waals surface area contributed by atoms with E-state index < -0.39 is 4.92 Å². The number of benzene rings is 1. The maximum absolute atomic E-state index is 10.4. The van der Waals surface area contributed by atoms with E-state index in [4.69, 9.17) is 5.73 Å². The molecule has 0 saturated carbocycles. The van der Waals surface area contributed by atoms with Gasteiger partial charge in [-0.25, -0.2) is 0 Å². The molecule has 0 atom stereocenters. The Morgan fingerprint density at radius 1 is 1.31 bits per heavy atom. The largest absolute Gasteiger partial charge is 0.399 e. The van der Waals surface area contributed by atoms with Crippen LogP contribution in [0.5, 0.6) is 0 Å². The van der Waals surface area contributed by atoms with Crippen LogP contribution in [-0.4, -0.2) is 14.7 Å². The molecule has 0 spiro atoms. The minimum Gasteiger partial charge on any atom is -0.399 e. The Bertz CT molecular complexity index is 504. The topological polar surface area (TPSA) is 87.0 Å². The molecule has 2 N–H and O–H groups in total. The summed E-state index contributed by atoms with van der Waals surface area (Å²) in [5.41, 5.74) is 7.23. The molecule has 2 rings (SSSR count). The van der Waals surface area contributed by atoms with Crippen molar-refractivity contribution in [2.24, 2.45) is 0 Å². The average Bonchev–Trinajstić information content (AvgIpc) is 2.70. The number of nitrogens with zero attached hydrogens (tertiary/aromatic N) is 3. The van der Waals surface area contributed by atoms with Crippen LogP contribution in [0.1, 0.15) is 5.56 Å². The second-order valence-electron chi connectivity index (χ2n) is 3.37. The van der Waals surface area contributed by atoms with Crippen molar-refractivity contribution in [3.8, 4) is 0 Å². The van der Waals surface area contributed by atoms with E-state index in [0.29, 0.717) is 12.2 Å². The fourth-order valence-corrected chi connectivity index (χ4v) is 1.35. The first kappa shape index (κ1) is 10.2. The van der Waals surface area contributed by atoms with Crippen LogP contribution < -0.4 is 5.73 Å². The van der Waals surface area contributed by atoms with Gasteiger partial charge in [0.15, 0.2) is 0 Å². The summed E-state index contributed by atoms with van der Waals surface area (Å²) in [6.07, 6.45) is 1.58. The lowest BCUT2D eigenvalue weighted by Gasteiger charge is -1.98. The fourth-order valence-electron chi connectivity index (χ4n) is 1.35. The van der Waals surface area contributed by atoms with Crippen molar-refractivity contribution in [1.29, 1.82) is 0 Å². The van der Waals surface area contributed by atoms with Crippen LogP contribution in [0.25, 0.3) is 0 Å². The molecule has 1 aromatic heterocycles. The van der Waals surface area contributed by atoms with Crippen LogP contribution >= 0.6 is 0 Å². The lowest BCUT2D eigenvalue weighted by atomic mass is 10.2. The minimum atomic E-state index is -0.514. The van der Waals surface area contributed by atoms with E-state index in [1.165, 1.54) is 10.7 Å². The Labute approximate surface area is 91.5 Å². The van der Waals surface area contributed by atoms with Crippen LogP contribution in [-0.2, 0) is 6.54 Å². The minimum absolute atomic E-state index is 0.143. The summed E-state index contributed by atoms with van der Waals surface area (Å²) in [6, 6.07) is 8.67. The Kier molecular flexibility index (Phi) is 2.55. The van der Waals surface area contributed by atoms with Crippen LogP contribution in [0, 0.1) is 10.1 Å². The van der Waals surface area contributed by atoms with Gasteiger partial charge in [0.1, 0.15) is 0 Å². The van der Waals surface area contributed by atoms with Gasteiger partial charge in [0.25, 0.3) is 0 Å². The van der Waals surface area contributed by atoms with Gasteiger partial charge in [-0.2, -0.15) is 4.68 Å². The molecule has 0 aliphatic heterocycles. The molecule has 0 aliphatic rings. The zero-order valence-corrected chi connectivity index (χ0v) is 8.41. The van der Waals surface area contributed by atoms with Gasteiger partial charge in [-0.15, -0.1) is 0 Å². The molecule has 0 fully saturated rings. The van der Waals surface area contributed by atoms with E-state index in [2.05, 4.69) is 5.10 Å². The smallest absolute Gasteiger partial charge is 0.389 e. The summed E-state index contributed by atoms with van der Waals surface area (Å²) in [6.45, 7) is 0.494. The van der Waals surface area contributed by atoms with Crippen molar-refractivity contribution in [2.75, 3.05) is 5.73 Å². The highest BCUT2D eigenvalue weighted by atomic mass is 16.6. The normalized spacial score (nSPS) is 10.2. The van der Waals surface area contributed by atoms with Crippen molar-refractivity contribution >= 4 is 11.5 Å². The molecule has 0 aliphatic carbocycles. The molecule has 0 radical (unpaired) electrons. The van der Waals surface area contributed by atoms with E-state index in [1.54, 1.807) is 18.3 Å². The van der Waals surface area contributed by atoms with Crippen molar-refractivity contribution < 1.29 is 4.92 Å².